The Hall–Kier alpha value is -1.62. The summed E-state index contributed by atoms with van der Waals surface area (Å²) >= 11 is 0. The molecule has 2 heteroatoms. The van der Waals surface area contributed by atoms with E-state index in [-0.39, 0.29) is 0 Å². The van der Waals surface area contributed by atoms with Crippen molar-refractivity contribution in [1.82, 2.24) is 0 Å². The Kier molecular flexibility index (Phi) is 3.04. The molecule has 0 fully saturated rings. The van der Waals surface area contributed by atoms with E-state index in [0.717, 1.165) is 12.2 Å². The van der Waals surface area contributed by atoms with Crippen molar-refractivity contribution in [1.29, 1.82) is 0 Å². The predicted molar refractivity (Wildman–Crippen MR) is 51.4 cm³/mol. The van der Waals surface area contributed by atoms with Crippen LogP contribution in [0.15, 0.2) is 30.3 Å². The minimum absolute atomic E-state index is 0.841. The van der Waals surface area contributed by atoms with Crippen molar-refractivity contribution in [2.75, 3.05) is 11.4 Å². The van der Waals surface area contributed by atoms with E-state index in [2.05, 4.69) is 12.1 Å². The molecule has 1 aromatic carbocycles. The Morgan fingerprint density at radius 2 is 2.00 bits per heavy atom. The maximum Gasteiger partial charge on any atom is 0.0489 e. The van der Waals surface area contributed by atoms with Crippen LogP contribution in [0.4, 0.5) is 5.69 Å². The zero-order valence-electron chi connectivity index (χ0n) is 7.12. The maximum absolute atomic E-state index is 5.14. The number of benzene rings is 1. The van der Waals surface area contributed by atoms with Crippen LogP contribution >= 0.6 is 0 Å². The Balaban J connectivity index is 2.85. The fourth-order valence-electron chi connectivity index (χ4n) is 1.01. The molecule has 0 saturated heterocycles. The monoisotopic (exact) mass is 160 g/mol. The molecule has 0 aliphatic heterocycles. The van der Waals surface area contributed by atoms with Gasteiger partial charge in [-0.1, -0.05) is 18.2 Å². The summed E-state index contributed by atoms with van der Waals surface area (Å²) in [5.41, 5.74) is 6.22. The van der Waals surface area contributed by atoms with E-state index in [1.54, 1.807) is 0 Å². The molecule has 1 rings (SSSR count). The summed E-state index contributed by atoms with van der Waals surface area (Å²) in [6, 6.07) is 15.2. The van der Waals surface area contributed by atoms with Crippen LogP contribution in [-0.2, 0) is 0 Å². The van der Waals surface area contributed by atoms with Gasteiger partial charge in [0.1, 0.15) is 0 Å². The first-order valence-electron chi connectivity index (χ1n) is 3.92. The fourth-order valence-corrected chi connectivity index (χ4v) is 1.01. The lowest BCUT2D eigenvalue weighted by molar-refractivity contribution is 1.04. The maximum atomic E-state index is 5.14. The van der Waals surface area contributed by atoms with Crippen molar-refractivity contribution in [2.24, 2.45) is 5.73 Å². The van der Waals surface area contributed by atoms with Gasteiger partial charge in [0, 0.05) is 24.3 Å². The molecule has 0 radical (unpaired) electrons. The number of nitrogens with two attached hydrogens (primary N) is 1. The normalized spacial score (nSPS) is 8.42. The molecule has 62 valence electrons. The highest BCUT2D eigenvalue weighted by atomic mass is 15.1. The molecule has 2 nitrogen and oxygen atoms in total. The van der Waals surface area contributed by atoms with Crippen molar-refractivity contribution in [3.8, 4) is 12.1 Å². The van der Waals surface area contributed by atoms with Crippen LogP contribution < -0.4 is 10.6 Å². The molecule has 2 N–H and O–H groups in total. The lowest BCUT2D eigenvalue weighted by Crippen LogP contribution is -2.15. The molecular weight excluding hydrogens is 148 g/mol. The summed E-state index contributed by atoms with van der Waals surface area (Å²) in [5, 5.41) is 0. The summed E-state index contributed by atoms with van der Waals surface area (Å²) in [5.74, 6) is 0. The van der Waals surface area contributed by atoms with Gasteiger partial charge in [-0.3, -0.25) is 0 Å². The molecule has 12 heavy (non-hydrogen) atoms. The number of para-hydroxylation sites is 1. The van der Waals surface area contributed by atoms with E-state index in [9.17, 15) is 0 Å². The molecule has 0 bridgehead atoms. The van der Waals surface area contributed by atoms with E-state index in [1.807, 2.05) is 42.2 Å². The second-order valence-corrected chi connectivity index (χ2v) is 2.34. The van der Waals surface area contributed by atoms with Crippen LogP contribution in [0, 0.1) is 12.1 Å². The first kappa shape index (κ1) is 8.48. The van der Waals surface area contributed by atoms with E-state index in [1.165, 1.54) is 0 Å². The highest BCUT2D eigenvalue weighted by molar-refractivity contribution is 5.50. The molecule has 1 aromatic rings. The lowest BCUT2D eigenvalue weighted by Gasteiger charge is -2.13. The van der Waals surface area contributed by atoms with Gasteiger partial charge in [0.15, 0.2) is 0 Å². The molecule has 0 heterocycles. The number of rotatable bonds is 2. The molecule has 0 aliphatic rings. The predicted octanol–water partition coefficient (Wildman–Crippen LogP) is 1.39. The molecule has 0 saturated carbocycles. The summed E-state index contributed by atoms with van der Waals surface area (Å²) in [6.45, 7) is 2.88. The second kappa shape index (κ2) is 4.30. The molecule has 0 atom stereocenters. The van der Waals surface area contributed by atoms with E-state index in [0.29, 0.717) is 0 Å². The van der Waals surface area contributed by atoms with Crippen molar-refractivity contribution < 1.29 is 0 Å². The zero-order valence-corrected chi connectivity index (χ0v) is 7.12. The second-order valence-electron chi connectivity index (χ2n) is 2.34. The van der Waals surface area contributed by atoms with Crippen molar-refractivity contribution in [2.45, 2.75) is 6.92 Å². The Morgan fingerprint density at radius 1 is 1.33 bits per heavy atom. The van der Waals surface area contributed by atoms with Gasteiger partial charge in [-0.05, 0) is 19.1 Å². The van der Waals surface area contributed by atoms with Crippen molar-refractivity contribution >= 4 is 5.69 Å². The quantitative estimate of drug-likeness (QED) is 0.523. The number of nitrogens with zero attached hydrogens (tertiary/aromatic N) is 1. The van der Waals surface area contributed by atoms with Gasteiger partial charge in [0.05, 0.1) is 0 Å². The van der Waals surface area contributed by atoms with Gasteiger partial charge in [0.2, 0.25) is 0 Å². The van der Waals surface area contributed by atoms with Gasteiger partial charge in [-0.15, -0.1) is 0 Å². The fraction of sp³-hybridized carbons (Fsp3) is 0.200. The standard InChI is InChI=1S/C10H12N2/c1-2-12(9-8-11)10-6-4-3-5-7-10/h3-7H,2,11H2,1H3. The van der Waals surface area contributed by atoms with Crippen LogP contribution in [0.1, 0.15) is 6.92 Å². The summed E-state index contributed by atoms with van der Waals surface area (Å²) in [6.07, 6.45) is 0. The van der Waals surface area contributed by atoms with Crippen LogP contribution in [0.25, 0.3) is 0 Å². The zero-order chi connectivity index (χ0) is 8.81. The summed E-state index contributed by atoms with van der Waals surface area (Å²) in [4.78, 5) is 1.90. The van der Waals surface area contributed by atoms with Gasteiger partial charge in [-0.25, -0.2) is 0 Å². The van der Waals surface area contributed by atoms with Crippen LogP contribution in [0.3, 0.4) is 0 Å². The molecular formula is C10H12N2. The third-order valence-electron chi connectivity index (χ3n) is 1.58. The van der Waals surface area contributed by atoms with Gasteiger partial charge >= 0.3 is 0 Å². The Bertz CT molecular complexity index is 282. The molecule has 0 aromatic heterocycles. The third-order valence-corrected chi connectivity index (χ3v) is 1.58. The third kappa shape index (κ3) is 1.93. The van der Waals surface area contributed by atoms with Gasteiger partial charge < -0.3 is 10.6 Å². The minimum Gasteiger partial charge on any atom is -0.358 e. The average molecular weight is 160 g/mol. The van der Waals surface area contributed by atoms with Crippen LogP contribution in [0.2, 0.25) is 0 Å². The van der Waals surface area contributed by atoms with E-state index >= 15 is 0 Å². The highest BCUT2D eigenvalue weighted by Gasteiger charge is 1.97. The number of hydrogen-bond acceptors (Lipinski definition) is 2. The largest absolute Gasteiger partial charge is 0.358 e. The average Bonchev–Trinajstić information content (AvgIpc) is 2.15. The molecule has 0 amide bonds. The highest BCUT2D eigenvalue weighted by Crippen LogP contribution is 2.10. The summed E-state index contributed by atoms with van der Waals surface area (Å²) < 4.78 is 0. The lowest BCUT2D eigenvalue weighted by atomic mass is 10.3. The molecule has 0 spiro atoms. The Labute approximate surface area is 73.0 Å². The summed E-state index contributed by atoms with van der Waals surface area (Å²) in [7, 11) is 0. The van der Waals surface area contributed by atoms with Crippen molar-refractivity contribution in [3.63, 3.8) is 0 Å². The number of anilines is 1. The van der Waals surface area contributed by atoms with Crippen molar-refractivity contribution in [3.05, 3.63) is 30.3 Å². The number of hydrogen-bond donors (Lipinski definition) is 1. The molecule has 0 unspecified atom stereocenters. The van der Waals surface area contributed by atoms with E-state index < -0.39 is 0 Å². The van der Waals surface area contributed by atoms with Crippen LogP contribution in [-0.4, -0.2) is 6.54 Å². The van der Waals surface area contributed by atoms with E-state index in [4.69, 9.17) is 5.73 Å². The Morgan fingerprint density at radius 3 is 2.50 bits per heavy atom. The SMILES string of the molecule is CCN(C#CN)c1ccccc1. The smallest absolute Gasteiger partial charge is 0.0489 e. The molecule has 0 aliphatic carbocycles. The van der Waals surface area contributed by atoms with Crippen LogP contribution in [0.5, 0.6) is 0 Å². The first-order chi connectivity index (χ1) is 5.88. The van der Waals surface area contributed by atoms with Gasteiger partial charge in [0.25, 0.3) is 0 Å². The first-order valence-corrected chi connectivity index (χ1v) is 3.92. The topological polar surface area (TPSA) is 29.3 Å². The minimum atomic E-state index is 0.841. The van der Waals surface area contributed by atoms with Gasteiger partial charge in [-0.2, -0.15) is 0 Å².